The number of nitrogens with zero attached hydrogens (tertiary/aromatic N) is 1. The van der Waals surface area contributed by atoms with E-state index in [9.17, 15) is 4.79 Å². The van der Waals surface area contributed by atoms with Crippen LogP contribution in [0, 0.1) is 0 Å². The van der Waals surface area contributed by atoms with E-state index in [4.69, 9.17) is 0 Å². The lowest BCUT2D eigenvalue weighted by Gasteiger charge is -2.07. The lowest BCUT2D eigenvalue weighted by Crippen LogP contribution is -2.26. The molecule has 2 N–H and O–H groups in total. The van der Waals surface area contributed by atoms with E-state index in [-0.39, 0.29) is 12.5 Å². The summed E-state index contributed by atoms with van der Waals surface area (Å²) in [6, 6.07) is 22.4. The molecule has 0 aliphatic heterocycles. The number of hydrogen-bond acceptors (Lipinski definition) is 3. The molecule has 3 aromatic carbocycles. The number of hydrazone groups is 1. The third-order valence-electron chi connectivity index (χ3n) is 4.33. The summed E-state index contributed by atoms with van der Waals surface area (Å²) in [5.41, 5.74) is 6.59. The summed E-state index contributed by atoms with van der Waals surface area (Å²) in [5, 5.41) is 9.64. The third kappa shape index (κ3) is 4.48. The molecule has 4 heteroatoms. The summed E-state index contributed by atoms with van der Waals surface area (Å²) in [6.45, 7) is 4.18. The van der Waals surface area contributed by atoms with Crippen LogP contribution in [-0.4, -0.2) is 18.2 Å². The highest BCUT2D eigenvalue weighted by Crippen LogP contribution is 2.18. The zero-order valence-corrected chi connectivity index (χ0v) is 15.1. The van der Waals surface area contributed by atoms with Gasteiger partial charge in [-0.05, 0) is 47.4 Å². The maximum absolute atomic E-state index is 12.0. The Morgan fingerprint density at radius 2 is 1.69 bits per heavy atom. The van der Waals surface area contributed by atoms with Crippen molar-refractivity contribution in [3.8, 4) is 0 Å². The van der Waals surface area contributed by atoms with Crippen LogP contribution in [0.25, 0.3) is 10.8 Å². The van der Waals surface area contributed by atoms with Crippen LogP contribution in [0.5, 0.6) is 0 Å². The van der Waals surface area contributed by atoms with Gasteiger partial charge in [-0.3, -0.25) is 4.79 Å². The molecule has 0 aliphatic carbocycles. The average Bonchev–Trinajstić information content (AvgIpc) is 2.70. The molecule has 0 radical (unpaired) electrons. The molecule has 0 aromatic heterocycles. The number of fused-ring (bicyclic) bond motifs is 1. The first kappa shape index (κ1) is 17.7. The van der Waals surface area contributed by atoms with E-state index >= 15 is 0 Å². The first-order valence-electron chi connectivity index (χ1n) is 8.81. The van der Waals surface area contributed by atoms with Gasteiger partial charge in [-0.2, -0.15) is 5.10 Å². The van der Waals surface area contributed by atoms with Crippen molar-refractivity contribution in [3.63, 3.8) is 0 Å². The molecule has 4 nitrogen and oxygen atoms in total. The van der Waals surface area contributed by atoms with Crippen LogP contribution < -0.4 is 10.7 Å². The first-order chi connectivity index (χ1) is 12.7. The topological polar surface area (TPSA) is 53.5 Å². The Kier molecular flexibility index (Phi) is 5.64. The van der Waals surface area contributed by atoms with Crippen molar-refractivity contribution in [1.29, 1.82) is 0 Å². The summed E-state index contributed by atoms with van der Waals surface area (Å²) in [4.78, 5) is 12.0. The third-order valence-corrected chi connectivity index (χ3v) is 4.33. The monoisotopic (exact) mass is 345 g/mol. The van der Waals surface area contributed by atoms with Gasteiger partial charge in [0.2, 0.25) is 0 Å². The molecule has 0 spiro atoms. The number of benzene rings is 3. The van der Waals surface area contributed by atoms with E-state index in [1.54, 1.807) is 0 Å². The highest BCUT2D eigenvalue weighted by Gasteiger charge is 2.03. The SMILES string of the molecule is CCc1ccc(/C(C)=N/NC(=O)CNc2ccc3ccccc3c2)cc1. The largest absolute Gasteiger partial charge is 0.376 e. The fourth-order valence-electron chi connectivity index (χ4n) is 2.71. The van der Waals surface area contributed by atoms with Crippen LogP contribution in [0.4, 0.5) is 5.69 Å². The number of aryl methyl sites for hydroxylation is 1. The van der Waals surface area contributed by atoms with Gasteiger partial charge in [-0.25, -0.2) is 5.43 Å². The molecule has 26 heavy (non-hydrogen) atoms. The van der Waals surface area contributed by atoms with Gasteiger partial charge < -0.3 is 5.32 Å². The van der Waals surface area contributed by atoms with Crippen LogP contribution in [0.1, 0.15) is 25.0 Å². The number of anilines is 1. The number of carbonyl (C=O) groups is 1. The Morgan fingerprint density at radius 3 is 2.42 bits per heavy atom. The molecule has 132 valence electrons. The molecule has 0 atom stereocenters. The Bertz CT molecular complexity index is 930. The van der Waals surface area contributed by atoms with E-state index in [0.717, 1.165) is 28.8 Å². The summed E-state index contributed by atoms with van der Waals surface area (Å²) in [5.74, 6) is -0.178. The minimum Gasteiger partial charge on any atom is -0.376 e. The zero-order valence-electron chi connectivity index (χ0n) is 15.1. The minimum atomic E-state index is -0.178. The van der Waals surface area contributed by atoms with Gasteiger partial charge in [0.1, 0.15) is 0 Å². The van der Waals surface area contributed by atoms with Gasteiger partial charge in [0.15, 0.2) is 0 Å². The van der Waals surface area contributed by atoms with E-state index in [2.05, 4.69) is 47.0 Å². The molecule has 0 saturated carbocycles. The molecule has 0 aliphatic rings. The molecule has 3 rings (SSSR count). The summed E-state index contributed by atoms with van der Waals surface area (Å²) < 4.78 is 0. The van der Waals surface area contributed by atoms with Crippen molar-refractivity contribution >= 4 is 28.1 Å². The summed E-state index contributed by atoms with van der Waals surface area (Å²) in [7, 11) is 0. The number of hydrogen-bond donors (Lipinski definition) is 2. The Balaban J connectivity index is 1.55. The van der Waals surface area contributed by atoms with E-state index in [0.29, 0.717) is 0 Å². The molecule has 3 aromatic rings. The highest BCUT2D eigenvalue weighted by atomic mass is 16.2. The van der Waals surface area contributed by atoms with Gasteiger partial charge in [0, 0.05) is 5.69 Å². The Labute approximate surface area is 153 Å². The van der Waals surface area contributed by atoms with Crippen LogP contribution in [-0.2, 0) is 11.2 Å². The molecule has 1 amide bonds. The van der Waals surface area contributed by atoms with Crippen molar-refractivity contribution in [3.05, 3.63) is 77.9 Å². The van der Waals surface area contributed by atoms with Crippen molar-refractivity contribution in [2.24, 2.45) is 5.10 Å². The van der Waals surface area contributed by atoms with Crippen molar-refractivity contribution in [1.82, 2.24) is 5.43 Å². The molecule has 0 fully saturated rings. The number of nitrogens with one attached hydrogen (secondary N) is 2. The van der Waals surface area contributed by atoms with Crippen LogP contribution in [0.15, 0.2) is 71.8 Å². The molecular weight excluding hydrogens is 322 g/mol. The maximum atomic E-state index is 12.0. The minimum absolute atomic E-state index is 0.171. The van der Waals surface area contributed by atoms with Crippen LogP contribution in [0.2, 0.25) is 0 Å². The lowest BCUT2D eigenvalue weighted by molar-refractivity contribution is -0.119. The fraction of sp³-hybridized carbons (Fsp3) is 0.182. The smallest absolute Gasteiger partial charge is 0.259 e. The zero-order chi connectivity index (χ0) is 18.4. The quantitative estimate of drug-likeness (QED) is 0.515. The fourth-order valence-corrected chi connectivity index (χ4v) is 2.71. The highest BCUT2D eigenvalue weighted by molar-refractivity contribution is 5.99. The molecule has 0 unspecified atom stereocenters. The van der Waals surface area contributed by atoms with Crippen LogP contribution in [0.3, 0.4) is 0 Å². The van der Waals surface area contributed by atoms with E-state index in [1.165, 1.54) is 10.9 Å². The Morgan fingerprint density at radius 1 is 0.962 bits per heavy atom. The van der Waals surface area contributed by atoms with Crippen LogP contribution >= 0.6 is 0 Å². The molecule has 0 saturated heterocycles. The second-order valence-corrected chi connectivity index (χ2v) is 6.20. The molecular formula is C22H23N3O. The summed E-state index contributed by atoms with van der Waals surface area (Å²) in [6.07, 6.45) is 1.01. The number of carbonyl (C=O) groups excluding carboxylic acids is 1. The van der Waals surface area contributed by atoms with E-state index in [1.807, 2.05) is 49.4 Å². The van der Waals surface area contributed by atoms with Gasteiger partial charge in [0.25, 0.3) is 5.91 Å². The van der Waals surface area contributed by atoms with Gasteiger partial charge in [0.05, 0.1) is 12.3 Å². The second kappa shape index (κ2) is 8.30. The van der Waals surface area contributed by atoms with Crippen molar-refractivity contribution < 1.29 is 4.79 Å². The van der Waals surface area contributed by atoms with Gasteiger partial charge in [-0.1, -0.05) is 61.5 Å². The lowest BCUT2D eigenvalue weighted by atomic mass is 10.1. The normalized spacial score (nSPS) is 11.4. The van der Waals surface area contributed by atoms with Gasteiger partial charge >= 0.3 is 0 Å². The van der Waals surface area contributed by atoms with Crippen molar-refractivity contribution in [2.75, 3.05) is 11.9 Å². The maximum Gasteiger partial charge on any atom is 0.259 e. The van der Waals surface area contributed by atoms with Gasteiger partial charge in [-0.15, -0.1) is 0 Å². The number of rotatable bonds is 6. The van der Waals surface area contributed by atoms with Crippen molar-refractivity contribution in [2.45, 2.75) is 20.3 Å². The standard InChI is InChI=1S/C22H23N3O/c1-3-17-8-10-18(11-9-17)16(2)24-25-22(26)15-23-21-13-12-19-6-4-5-7-20(19)14-21/h4-14,23H,3,15H2,1-2H3,(H,25,26)/b24-16+. The average molecular weight is 345 g/mol. The predicted molar refractivity (Wildman–Crippen MR) is 109 cm³/mol. The predicted octanol–water partition coefficient (Wildman–Crippen LogP) is 4.35. The summed E-state index contributed by atoms with van der Waals surface area (Å²) >= 11 is 0. The molecule has 0 bridgehead atoms. The number of amides is 1. The molecule has 0 heterocycles. The second-order valence-electron chi connectivity index (χ2n) is 6.20. The Hall–Kier alpha value is -3.14. The first-order valence-corrected chi connectivity index (χ1v) is 8.81. The van der Waals surface area contributed by atoms with E-state index < -0.39 is 0 Å².